The minimum absolute atomic E-state index is 0.250. The minimum Gasteiger partial charge on any atom is -0.460 e. The van der Waals surface area contributed by atoms with E-state index in [1.165, 1.54) is 0 Å². The summed E-state index contributed by atoms with van der Waals surface area (Å²) in [5.74, 6) is -0.250. The van der Waals surface area contributed by atoms with Crippen molar-refractivity contribution in [3.05, 3.63) is 12.7 Å². The first-order chi connectivity index (χ1) is 10.5. The summed E-state index contributed by atoms with van der Waals surface area (Å²) in [6.07, 6.45) is 1.96. The van der Waals surface area contributed by atoms with Gasteiger partial charge in [0.2, 0.25) is 0 Å². The first-order valence-electron chi connectivity index (χ1n) is 7.59. The molecule has 0 aromatic rings. The van der Waals surface area contributed by atoms with E-state index in [1.807, 2.05) is 20.8 Å². The van der Waals surface area contributed by atoms with Gasteiger partial charge in [0.25, 0.3) is 0 Å². The van der Waals surface area contributed by atoms with E-state index in [1.54, 1.807) is 6.08 Å². The molecule has 0 saturated heterocycles. The molecule has 0 saturated carbocycles. The fourth-order valence-electron chi connectivity index (χ4n) is 1.37. The maximum absolute atomic E-state index is 11.4. The summed E-state index contributed by atoms with van der Waals surface area (Å²) in [6.45, 7) is 13.0. The van der Waals surface area contributed by atoms with Gasteiger partial charge in [0.15, 0.2) is 0 Å². The zero-order valence-corrected chi connectivity index (χ0v) is 14.1. The van der Waals surface area contributed by atoms with Gasteiger partial charge < -0.3 is 23.7 Å². The average Bonchev–Trinajstić information content (AvgIpc) is 2.42. The third kappa shape index (κ3) is 17.1. The molecule has 6 heteroatoms. The van der Waals surface area contributed by atoms with Gasteiger partial charge in [0.1, 0.15) is 5.60 Å². The molecule has 0 aromatic heterocycles. The van der Waals surface area contributed by atoms with Crippen LogP contribution in [0.15, 0.2) is 12.7 Å². The Bertz CT molecular complexity index is 285. The van der Waals surface area contributed by atoms with Crippen molar-refractivity contribution in [1.29, 1.82) is 0 Å². The van der Waals surface area contributed by atoms with Crippen LogP contribution in [0, 0.1) is 0 Å². The summed E-state index contributed by atoms with van der Waals surface area (Å²) in [5.41, 5.74) is -0.448. The molecular weight excluding hydrogens is 288 g/mol. The predicted molar refractivity (Wildman–Crippen MR) is 83.9 cm³/mol. The fourth-order valence-corrected chi connectivity index (χ4v) is 1.37. The molecule has 0 aliphatic carbocycles. The van der Waals surface area contributed by atoms with Gasteiger partial charge in [-0.3, -0.25) is 4.79 Å². The molecule has 6 nitrogen and oxygen atoms in total. The van der Waals surface area contributed by atoms with Crippen molar-refractivity contribution < 1.29 is 28.5 Å². The standard InChI is InChI=1S/C16H30O6/c1-5-7-18-9-11-20-13-14-21-12-10-19-8-6-15(17)22-16(2,3)4/h5H,1,6-14H2,2-4H3. The lowest BCUT2D eigenvalue weighted by Crippen LogP contribution is -2.24. The highest BCUT2D eigenvalue weighted by Crippen LogP contribution is 2.07. The highest BCUT2D eigenvalue weighted by atomic mass is 16.6. The monoisotopic (exact) mass is 318 g/mol. The fraction of sp³-hybridized carbons (Fsp3) is 0.812. The number of carbonyl (C=O) groups is 1. The molecule has 0 aliphatic heterocycles. The molecule has 130 valence electrons. The van der Waals surface area contributed by atoms with Gasteiger partial charge in [0.05, 0.1) is 59.3 Å². The molecule has 0 spiro atoms. The third-order valence-electron chi connectivity index (χ3n) is 2.22. The SMILES string of the molecule is C=CCOCCOCCOCCOCCC(=O)OC(C)(C)C. The van der Waals surface area contributed by atoms with Crippen molar-refractivity contribution in [2.75, 3.05) is 52.9 Å². The Hall–Kier alpha value is -0.950. The first-order valence-corrected chi connectivity index (χ1v) is 7.59. The largest absolute Gasteiger partial charge is 0.460 e. The van der Waals surface area contributed by atoms with Crippen molar-refractivity contribution in [2.24, 2.45) is 0 Å². The maximum Gasteiger partial charge on any atom is 0.308 e. The Morgan fingerprint density at radius 1 is 0.864 bits per heavy atom. The Morgan fingerprint density at radius 3 is 1.77 bits per heavy atom. The minimum atomic E-state index is -0.448. The van der Waals surface area contributed by atoms with Crippen LogP contribution in [-0.2, 0) is 28.5 Å². The predicted octanol–water partition coefficient (Wildman–Crippen LogP) is 1.97. The third-order valence-corrected chi connectivity index (χ3v) is 2.22. The molecule has 0 aromatic carbocycles. The van der Waals surface area contributed by atoms with E-state index in [4.69, 9.17) is 23.7 Å². The molecule has 0 fully saturated rings. The highest BCUT2D eigenvalue weighted by Gasteiger charge is 2.15. The Kier molecular flexibility index (Phi) is 13.1. The Morgan fingerprint density at radius 2 is 1.32 bits per heavy atom. The van der Waals surface area contributed by atoms with Crippen LogP contribution in [0.2, 0.25) is 0 Å². The lowest BCUT2D eigenvalue weighted by Gasteiger charge is -2.19. The zero-order valence-electron chi connectivity index (χ0n) is 14.1. The van der Waals surface area contributed by atoms with Crippen molar-refractivity contribution in [1.82, 2.24) is 0 Å². The number of esters is 1. The number of hydrogen-bond acceptors (Lipinski definition) is 6. The van der Waals surface area contributed by atoms with Gasteiger partial charge in [-0.25, -0.2) is 0 Å². The molecule has 0 aliphatic rings. The molecule has 0 radical (unpaired) electrons. The molecule has 0 unspecified atom stereocenters. The number of rotatable bonds is 14. The van der Waals surface area contributed by atoms with Gasteiger partial charge in [-0.05, 0) is 20.8 Å². The Balaban J connectivity index is 3.17. The molecule has 0 N–H and O–H groups in total. The Labute approximate surface area is 133 Å². The van der Waals surface area contributed by atoms with Crippen LogP contribution in [0.5, 0.6) is 0 Å². The lowest BCUT2D eigenvalue weighted by atomic mass is 10.2. The van der Waals surface area contributed by atoms with Crippen molar-refractivity contribution in [2.45, 2.75) is 32.8 Å². The summed E-state index contributed by atoms with van der Waals surface area (Å²) >= 11 is 0. The van der Waals surface area contributed by atoms with E-state index in [0.29, 0.717) is 52.9 Å². The van der Waals surface area contributed by atoms with Gasteiger partial charge in [-0.2, -0.15) is 0 Å². The van der Waals surface area contributed by atoms with E-state index >= 15 is 0 Å². The summed E-state index contributed by atoms with van der Waals surface area (Å²) in [4.78, 5) is 11.4. The molecule has 0 heterocycles. The van der Waals surface area contributed by atoms with Crippen molar-refractivity contribution in [3.8, 4) is 0 Å². The second-order valence-electron chi connectivity index (χ2n) is 5.54. The van der Waals surface area contributed by atoms with E-state index in [-0.39, 0.29) is 12.4 Å². The maximum atomic E-state index is 11.4. The second-order valence-corrected chi connectivity index (χ2v) is 5.54. The number of hydrogen-bond donors (Lipinski definition) is 0. The van der Waals surface area contributed by atoms with Gasteiger partial charge >= 0.3 is 5.97 Å². The molecule has 0 rings (SSSR count). The van der Waals surface area contributed by atoms with Crippen LogP contribution in [0.1, 0.15) is 27.2 Å². The molecule has 0 bridgehead atoms. The van der Waals surface area contributed by atoms with Gasteiger partial charge in [0, 0.05) is 0 Å². The molecule has 22 heavy (non-hydrogen) atoms. The van der Waals surface area contributed by atoms with Crippen LogP contribution < -0.4 is 0 Å². The van der Waals surface area contributed by atoms with Gasteiger partial charge in [-0.15, -0.1) is 6.58 Å². The lowest BCUT2D eigenvalue weighted by molar-refractivity contribution is -0.156. The number of carbonyl (C=O) groups excluding carboxylic acids is 1. The quantitative estimate of drug-likeness (QED) is 0.277. The highest BCUT2D eigenvalue weighted by molar-refractivity contribution is 5.69. The summed E-state index contributed by atoms with van der Waals surface area (Å²) < 4.78 is 26.2. The van der Waals surface area contributed by atoms with Crippen LogP contribution in [-0.4, -0.2) is 64.4 Å². The van der Waals surface area contributed by atoms with E-state index in [0.717, 1.165) is 0 Å². The van der Waals surface area contributed by atoms with E-state index in [2.05, 4.69) is 6.58 Å². The average molecular weight is 318 g/mol. The number of ether oxygens (including phenoxy) is 5. The van der Waals surface area contributed by atoms with Crippen molar-refractivity contribution in [3.63, 3.8) is 0 Å². The second kappa shape index (κ2) is 13.7. The summed E-state index contributed by atoms with van der Waals surface area (Å²) in [6, 6.07) is 0. The van der Waals surface area contributed by atoms with E-state index < -0.39 is 5.60 Å². The van der Waals surface area contributed by atoms with Crippen LogP contribution >= 0.6 is 0 Å². The van der Waals surface area contributed by atoms with Crippen LogP contribution in [0.3, 0.4) is 0 Å². The smallest absolute Gasteiger partial charge is 0.308 e. The normalized spacial score (nSPS) is 11.4. The van der Waals surface area contributed by atoms with E-state index in [9.17, 15) is 4.79 Å². The van der Waals surface area contributed by atoms with Gasteiger partial charge in [-0.1, -0.05) is 6.08 Å². The van der Waals surface area contributed by atoms with Crippen molar-refractivity contribution >= 4 is 5.97 Å². The summed E-state index contributed by atoms with van der Waals surface area (Å²) in [7, 11) is 0. The summed E-state index contributed by atoms with van der Waals surface area (Å²) in [5, 5.41) is 0. The molecular formula is C16H30O6. The topological polar surface area (TPSA) is 63.2 Å². The molecule has 0 atom stereocenters. The molecule has 0 amide bonds. The first kappa shape index (κ1) is 21.0. The van der Waals surface area contributed by atoms with Crippen LogP contribution in [0.25, 0.3) is 0 Å². The zero-order chi connectivity index (χ0) is 16.7. The van der Waals surface area contributed by atoms with Crippen LogP contribution in [0.4, 0.5) is 0 Å².